The number of carbonyl (C=O) groups excluding carboxylic acids is 1. The Kier molecular flexibility index (Phi) is 3.79. The van der Waals surface area contributed by atoms with Gasteiger partial charge in [0.25, 0.3) is 0 Å². The lowest BCUT2D eigenvalue weighted by molar-refractivity contribution is -0.135. The number of amides is 1. The lowest BCUT2D eigenvalue weighted by Crippen LogP contribution is -2.56. The van der Waals surface area contributed by atoms with Crippen LogP contribution in [-0.4, -0.2) is 36.0 Å². The lowest BCUT2D eigenvalue weighted by atomic mass is 9.82. The minimum absolute atomic E-state index is 0.0810. The van der Waals surface area contributed by atoms with E-state index in [1.807, 2.05) is 0 Å². The van der Waals surface area contributed by atoms with Gasteiger partial charge in [-0.2, -0.15) is 0 Å². The van der Waals surface area contributed by atoms with Crippen LogP contribution in [-0.2, 0) is 11.2 Å². The number of piperazine rings is 1. The molecule has 20 heavy (non-hydrogen) atoms. The van der Waals surface area contributed by atoms with Crippen LogP contribution >= 0.6 is 0 Å². The van der Waals surface area contributed by atoms with E-state index in [0.717, 1.165) is 32.4 Å². The normalized spacial score (nSPS) is 29.9. The summed E-state index contributed by atoms with van der Waals surface area (Å²) in [6.45, 7) is 5.99. The molecule has 0 saturated carbocycles. The number of benzene rings is 1. The largest absolute Gasteiger partial charge is 0.339 e. The average Bonchev–Trinajstić information content (AvgIpc) is 2.45. The Morgan fingerprint density at radius 1 is 1.20 bits per heavy atom. The minimum Gasteiger partial charge on any atom is -0.339 e. The summed E-state index contributed by atoms with van der Waals surface area (Å²) in [6, 6.07) is 9.25. The van der Waals surface area contributed by atoms with Crippen molar-refractivity contribution in [3.05, 3.63) is 35.4 Å². The van der Waals surface area contributed by atoms with Crippen LogP contribution < -0.4 is 5.32 Å². The second kappa shape index (κ2) is 5.57. The van der Waals surface area contributed by atoms with E-state index >= 15 is 0 Å². The van der Waals surface area contributed by atoms with Gasteiger partial charge < -0.3 is 10.2 Å². The first kappa shape index (κ1) is 13.6. The van der Waals surface area contributed by atoms with E-state index in [1.54, 1.807) is 0 Å². The fourth-order valence-corrected chi connectivity index (χ4v) is 3.74. The molecule has 2 aliphatic rings. The van der Waals surface area contributed by atoms with Crippen LogP contribution in [0.3, 0.4) is 0 Å². The van der Waals surface area contributed by atoms with Gasteiger partial charge in [0.15, 0.2) is 0 Å². The van der Waals surface area contributed by atoms with Crippen molar-refractivity contribution in [2.45, 2.75) is 51.1 Å². The molecule has 3 atom stereocenters. The Bertz CT molecular complexity index is 490. The van der Waals surface area contributed by atoms with Crippen molar-refractivity contribution < 1.29 is 4.79 Å². The van der Waals surface area contributed by atoms with Crippen LogP contribution in [0.15, 0.2) is 24.3 Å². The zero-order chi connectivity index (χ0) is 14.1. The Morgan fingerprint density at radius 2 is 1.90 bits per heavy atom. The molecular formula is C17H24N2O. The molecule has 3 unspecified atom stereocenters. The highest BCUT2D eigenvalue weighted by Gasteiger charge is 2.32. The highest BCUT2D eigenvalue weighted by molar-refractivity contribution is 5.84. The van der Waals surface area contributed by atoms with E-state index in [-0.39, 0.29) is 5.92 Å². The van der Waals surface area contributed by atoms with Crippen molar-refractivity contribution in [2.75, 3.05) is 13.1 Å². The molecule has 3 heteroatoms. The molecule has 1 aliphatic carbocycles. The molecule has 1 aliphatic heterocycles. The fraction of sp³-hybridized carbons (Fsp3) is 0.588. The zero-order valence-corrected chi connectivity index (χ0v) is 12.4. The van der Waals surface area contributed by atoms with Gasteiger partial charge in [-0.3, -0.25) is 4.79 Å². The first-order chi connectivity index (χ1) is 9.65. The first-order valence-electron chi connectivity index (χ1n) is 7.78. The van der Waals surface area contributed by atoms with E-state index < -0.39 is 0 Å². The van der Waals surface area contributed by atoms with Crippen LogP contribution in [0.4, 0.5) is 0 Å². The maximum absolute atomic E-state index is 12.9. The van der Waals surface area contributed by atoms with Crippen molar-refractivity contribution in [1.82, 2.24) is 10.2 Å². The second-order valence-electron chi connectivity index (χ2n) is 6.36. The molecule has 108 valence electrons. The standard InChI is InChI=1S/C17H24N2O/c1-12-10-19(11-13(2)18-12)17(20)16-9-5-7-14-6-3-4-8-15(14)16/h3-4,6,8,12-13,16,18H,5,7,9-11H2,1-2H3. The number of nitrogens with zero attached hydrogens (tertiary/aromatic N) is 1. The zero-order valence-electron chi connectivity index (χ0n) is 12.4. The average molecular weight is 272 g/mol. The molecule has 1 aromatic carbocycles. The number of hydrogen-bond donors (Lipinski definition) is 1. The molecule has 3 nitrogen and oxygen atoms in total. The number of carbonyl (C=O) groups is 1. The maximum Gasteiger partial charge on any atom is 0.230 e. The van der Waals surface area contributed by atoms with Crippen molar-refractivity contribution in [2.24, 2.45) is 0 Å². The molecule has 0 aromatic heterocycles. The third-order valence-electron chi connectivity index (χ3n) is 4.54. The number of nitrogens with one attached hydrogen (secondary N) is 1. The maximum atomic E-state index is 12.9. The van der Waals surface area contributed by atoms with Gasteiger partial charge in [0, 0.05) is 25.2 Å². The number of hydrogen-bond acceptors (Lipinski definition) is 2. The Balaban J connectivity index is 1.81. The van der Waals surface area contributed by atoms with Gasteiger partial charge in [0.2, 0.25) is 5.91 Å². The molecule has 1 heterocycles. The summed E-state index contributed by atoms with van der Waals surface area (Å²) in [7, 11) is 0. The van der Waals surface area contributed by atoms with E-state index in [4.69, 9.17) is 0 Å². The summed E-state index contributed by atoms with van der Waals surface area (Å²) in [6.07, 6.45) is 3.25. The van der Waals surface area contributed by atoms with Gasteiger partial charge in [-0.05, 0) is 44.2 Å². The molecule has 1 N–H and O–H groups in total. The highest BCUT2D eigenvalue weighted by atomic mass is 16.2. The van der Waals surface area contributed by atoms with Crippen LogP contribution in [0, 0.1) is 0 Å². The molecule has 0 spiro atoms. The summed E-state index contributed by atoms with van der Waals surface area (Å²) in [4.78, 5) is 15.0. The van der Waals surface area contributed by atoms with E-state index in [2.05, 4.69) is 48.3 Å². The number of rotatable bonds is 1. The smallest absolute Gasteiger partial charge is 0.230 e. The van der Waals surface area contributed by atoms with Gasteiger partial charge >= 0.3 is 0 Å². The topological polar surface area (TPSA) is 32.3 Å². The predicted molar refractivity (Wildman–Crippen MR) is 80.8 cm³/mol. The third-order valence-corrected chi connectivity index (χ3v) is 4.54. The molecule has 0 bridgehead atoms. The monoisotopic (exact) mass is 272 g/mol. The van der Waals surface area contributed by atoms with Crippen LogP contribution in [0.2, 0.25) is 0 Å². The Morgan fingerprint density at radius 3 is 2.65 bits per heavy atom. The number of fused-ring (bicyclic) bond motifs is 1. The fourth-order valence-electron chi connectivity index (χ4n) is 3.74. The van der Waals surface area contributed by atoms with Crippen LogP contribution in [0.5, 0.6) is 0 Å². The van der Waals surface area contributed by atoms with Crippen LogP contribution in [0.25, 0.3) is 0 Å². The van der Waals surface area contributed by atoms with Crippen molar-refractivity contribution in [3.8, 4) is 0 Å². The molecule has 1 amide bonds. The quantitative estimate of drug-likeness (QED) is 0.851. The Labute approximate surface area is 121 Å². The molecule has 0 radical (unpaired) electrons. The highest BCUT2D eigenvalue weighted by Crippen LogP contribution is 2.33. The van der Waals surface area contributed by atoms with Crippen molar-refractivity contribution >= 4 is 5.91 Å². The molecule has 3 rings (SSSR count). The van der Waals surface area contributed by atoms with Gasteiger partial charge in [-0.15, -0.1) is 0 Å². The second-order valence-corrected chi connectivity index (χ2v) is 6.36. The summed E-state index contributed by atoms with van der Waals surface area (Å²) >= 11 is 0. The Hall–Kier alpha value is -1.35. The summed E-state index contributed by atoms with van der Waals surface area (Å²) in [5, 5.41) is 3.49. The minimum atomic E-state index is 0.0810. The summed E-state index contributed by atoms with van der Waals surface area (Å²) < 4.78 is 0. The lowest BCUT2D eigenvalue weighted by Gasteiger charge is -2.39. The van der Waals surface area contributed by atoms with Crippen LogP contribution in [0.1, 0.15) is 43.7 Å². The SMILES string of the molecule is CC1CN(C(=O)C2CCCc3ccccc32)CC(C)N1. The predicted octanol–water partition coefficient (Wildman–Crippen LogP) is 2.32. The van der Waals surface area contributed by atoms with Gasteiger partial charge in [-0.25, -0.2) is 0 Å². The van der Waals surface area contributed by atoms with Gasteiger partial charge in [0.1, 0.15) is 0 Å². The number of aryl methyl sites for hydroxylation is 1. The molecule has 1 saturated heterocycles. The molecular weight excluding hydrogens is 248 g/mol. The summed E-state index contributed by atoms with van der Waals surface area (Å²) in [5.74, 6) is 0.412. The van der Waals surface area contributed by atoms with E-state index in [1.165, 1.54) is 11.1 Å². The van der Waals surface area contributed by atoms with Crippen molar-refractivity contribution in [3.63, 3.8) is 0 Å². The first-order valence-corrected chi connectivity index (χ1v) is 7.78. The van der Waals surface area contributed by atoms with Gasteiger partial charge in [-0.1, -0.05) is 24.3 Å². The van der Waals surface area contributed by atoms with E-state index in [0.29, 0.717) is 18.0 Å². The van der Waals surface area contributed by atoms with Gasteiger partial charge in [0.05, 0.1) is 5.92 Å². The third kappa shape index (κ3) is 2.59. The van der Waals surface area contributed by atoms with Crippen molar-refractivity contribution in [1.29, 1.82) is 0 Å². The molecule has 1 fully saturated rings. The molecule has 1 aromatic rings. The van der Waals surface area contributed by atoms with E-state index in [9.17, 15) is 4.79 Å². The summed E-state index contributed by atoms with van der Waals surface area (Å²) in [5.41, 5.74) is 2.64.